The van der Waals surface area contributed by atoms with Gasteiger partial charge in [0, 0.05) is 22.6 Å². The molecule has 4 N–H and O–H groups in total. The van der Waals surface area contributed by atoms with Crippen LogP contribution in [0.1, 0.15) is 47.3 Å². The number of hydrogen-bond acceptors (Lipinski definition) is 8. The molecule has 162 valence electrons. The first-order chi connectivity index (χ1) is 15.0. The van der Waals surface area contributed by atoms with E-state index >= 15 is 0 Å². The monoisotopic (exact) mass is 473 g/mol. The van der Waals surface area contributed by atoms with E-state index in [4.69, 9.17) is 5.73 Å². The number of amides is 2. The van der Waals surface area contributed by atoms with Crippen LogP contribution in [0.25, 0.3) is 0 Å². The van der Waals surface area contributed by atoms with Crippen LogP contribution in [-0.2, 0) is 5.75 Å². The molecule has 0 unspecified atom stereocenters. The quantitative estimate of drug-likeness (QED) is 0.295. The van der Waals surface area contributed by atoms with Gasteiger partial charge < -0.3 is 11.1 Å². The maximum atomic E-state index is 13.0. The Morgan fingerprint density at radius 2 is 2.06 bits per heavy atom. The predicted molar refractivity (Wildman–Crippen MR) is 128 cm³/mol. The van der Waals surface area contributed by atoms with E-state index in [0.717, 1.165) is 41.3 Å². The van der Waals surface area contributed by atoms with Gasteiger partial charge in [-0.05, 0) is 31.9 Å². The lowest BCUT2D eigenvalue weighted by molar-refractivity contribution is 0.0923. The number of aryl methyl sites for hydroxylation is 1. The first-order valence-corrected chi connectivity index (χ1v) is 12.7. The van der Waals surface area contributed by atoms with E-state index in [1.54, 1.807) is 24.0 Å². The summed E-state index contributed by atoms with van der Waals surface area (Å²) in [5.41, 5.74) is 8.67. The van der Waals surface area contributed by atoms with Gasteiger partial charge in [-0.2, -0.15) is 0 Å². The van der Waals surface area contributed by atoms with Crippen LogP contribution in [0.2, 0.25) is 0 Å². The Labute approximate surface area is 192 Å². The highest BCUT2D eigenvalue weighted by Crippen LogP contribution is 2.32. The topological polar surface area (TPSA) is 110 Å². The van der Waals surface area contributed by atoms with Crippen LogP contribution in [0.5, 0.6) is 0 Å². The number of rotatable bonds is 7. The van der Waals surface area contributed by atoms with Crippen LogP contribution in [0.4, 0.5) is 20.6 Å². The molecule has 7 nitrogen and oxygen atoms in total. The average Bonchev–Trinajstić information content (AvgIpc) is 3.50. The van der Waals surface area contributed by atoms with Crippen molar-refractivity contribution in [2.24, 2.45) is 5.92 Å². The zero-order valence-electron chi connectivity index (χ0n) is 17.0. The Morgan fingerprint density at radius 3 is 2.81 bits per heavy atom. The summed E-state index contributed by atoms with van der Waals surface area (Å²) in [7, 11) is 0. The molecular formula is C21H23N5O2S3. The summed E-state index contributed by atoms with van der Waals surface area (Å²) in [6, 6.07) is 5.14. The summed E-state index contributed by atoms with van der Waals surface area (Å²) >= 11 is 4.35. The Hall–Kier alpha value is -2.43. The summed E-state index contributed by atoms with van der Waals surface area (Å²) in [6.45, 7) is 1.95. The third kappa shape index (κ3) is 5.63. The SMILES string of the molecule is Cc1ccc(NC(=O)Nc2nc(CSc3ncc(N)s3)cs2)c(C(=O)C2CCCC2)c1. The van der Waals surface area contributed by atoms with E-state index in [-0.39, 0.29) is 11.7 Å². The van der Waals surface area contributed by atoms with Gasteiger partial charge in [0.05, 0.1) is 17.6 Å². The lowest BCUT2D eigenvalue weighted by Crippen LogP contribution is -2.22. The lowest BCUT2D eigenvalue weighted by atomic mass is 9.94. The van der Waals surface area contributed by atoms with Crippen molar-refractivity contribution in [1.29, 1.82) is 0 Å². The van der Waals surface area contributed by atoms with Crippen LogP contribution < -0.4 is 16.4 Å². The van der Waals surface area contributed by atoms with E-state index in [1.807, 2.05) is 24.4 Å². The van der Waals surface area contributed by atoms with Crippen LogP contribution in [0.15, 0.2) is 34.1 Å². The number of Topliss-reactive ketones (excluding diaryl/α,β-unsaturated/α-hetero) is 1. The number of ketones is 1. The third-order valence-electron chi connectivity index (χ3n) is 5.03. The van der Waals surface area contributed by atoms with Gasteiger partial charge in [-0.1, -0.05) is 47.6 Å². The van der Waals surface area contributed by atoms with Crippen molar-refractivity contribution in [3.63, 3.8) is 0 Å². The number of thiazole rings is 2. The van der Waals surface area contributed by atoms with Crippen LogP contribution >= 0.6 is 34.4 Å². The minimum absolute atomic E-state index is 0.0533. The molecule has 4 rings (SSSR count). The molecule has 0 radical (unpaired) electrons. The van der Waals surface area contributed by atoms with Gasteiger partial charge in [-0.3, -0.25) is 10.1 Å². The number of nitrogens with one attached hydrogen (secondary N) is 2. The van der Waals surface area contributed by atoms with Crippen LogP contribution in [-0.4, -0.2) is 21.8 Å². The minimum Gasteiger partial charge on any atom is -0.389 e. The van der Waals surface area contributed by atoms with Crippen molar-refractivity contribution in [2.45, 2.75) is 42.7 Å². The molecule has 0 bridgehead atoms. The standard InChI is InChI=1S/C21H23N5O2S3/c1-12-6-7-16(15(8-12)18(27)13-4-2-3-5-13)25-19(28)26-20-24-14(10-29-20)11-30-21-23-9-17(22)31-21/h6-10,13H,2-5,11,22H2,1H3,(H2,24,25,26,28). The number of nitrogen functional groups attached to an aromatic ring is 1. The summed E-state index contributed by atoms with van der Waals surface area (Å²) < 4.78 is 0.886. The Balaban J connectivity index is 1.38. The second kappa shape index (κ2) is 9.80. The zero-order valence-corrected chi connectivity index (χ0v) is 19.5. The zero-order chi connectivity index (χ0) is 21.8. The predicted octanol–water partition coefficient (Wildman–Crippen LogP) is 5.80. The molecule has 0 aliphatic heterocycles. The minimum atomic E-state index is -0.412. The van der Waals surface area contributed by atoms with E-state index < -0.39 is 6.03 Å². The number of carbonyl (C=O) groups excluding carboxylic acids is 2. The molecule has 0 saturated heterocycles. The molecule has 31 heavy (non-hydrogen) atoms. The molecule has 0 atom stereocenters. The van der Waals surface area contributed by atoms with Crippen molar-refractivity contribution >= 4 is 62.1 Å². The number of nitrogens with zero attached hydrogens (tertiary/aromatic N) is 2. The molecule has 1 aliphatic carbocycles. The molecular weight excluding hydrogens is 450 g/mol. The molecule has 2 amide bonds. The van der Waals surface area contributed by atoms with Gasteiger partial charge in [0.1, 0.15) is 5.00 Å². The molecule has 1 fully saturated rings. The second-order valence-corrected chi connectivity index (χ2v) is 10.6. The number of urea groups is 1. The van der Waals surface area contributed by atoms with E-state index in [2.05, 4.69) is 20.6 Å². The Kier molecular flexibility index (Phi) is 6.89. The number of aromatic nitrogens is 2. The summed E-state index contributed by atoms with van der Waals surface area (Å²) in [4.78, 5) is 34.2. The van der Waals surface area contributed by atoms with Crippen molar-refractivity contribution in [3.05, 3.63) is 46.6 Å². The van der Waals surface area contributed by atoms with E-state index in [1.165, 1.54) is 22.7 Å². The van der Waals surface area contributed by atoms with Crippen molar-refractivity contribution < 1.29 is 9.59 Å². The highest BCUT2D eigenvalue weighted by molar-refractivity contribution is 8.00. The second-order valence-electron chi connectivity index (χ2n) is 7.44. The molecule has 1 aromatic carbocycles. The first-order valence-electron chi connectivity index (χ1n) is 9.99. The molecule has 1 aliphatic rings. The summed E-state index contributed by atoms with van der Waals surface area (Å²) in [6.07, 6.45) is 5.66. The number of anilines is 3. The van der Waals surface area contributed by atoms with Gasteiger partial charge in [-0.25, -0.2) is 14.8 Å². The summed E-state index contributed by atoms with van der Waals surface area (Å²) in [5.74, 6) is 0.815. The number of hydrogen-bond donors (Lipinski definition) is 3. The van der Waals surface area contributed by atoms with E-state index in [0.29, 0.717) is 27.1 Å². The van der Waals surface area contributed by atoms with Crippen LogP contribution in [0, 0.1) is 12.8 Å². The van der Waals surface area contributed by atoms with Gasteiger partial charge in [-0.15, -0.1) is 11.3 Å². The lowest BCUT2D eigenvalue weighted by Gasteiger charge is -2.14. The molecule has 2 heterocycles. The highest BCUT2D eigenvalue weighted by Gasteiger charge is 2.26. The Bertz CT molecular complexity index is 1090. The van der Waals surface area contributed by atoms with E-state index in [9.17, 15) is 9.59 Å². The fourth-order valence-electron chi connectivity index (χ4n) is 3.53. The molecule has 10 heteroatoms. The van der Waals surface area contributed by atoms with Gasteiger partial charge >= 0.3 is 6.03 Å². The van der Waals surface area contributed by atoms with Crippen molar-refractivity contribution in [3.8, 4) is 0 Å². The number of nitrogens with two attached hydrogens (primary N) is 1. The normalized spacial score (nSPS) is 14.0. The highest BCUT2D eigenvalue weighted by atomic mass is 32.2. The molecule has 3 aromatic rings. The van der Waals surface area contributed by atoms with Crippen molar-refractivity contribution in [2.75, 3.05) is 16.4 Å². The number of benzene rings is 1. The van der Waals surface area contributed by atoms with Gasteiger partial charge in [0.15, 0.2) is 15.3 Å². The fourth-order valence-corrected chi connectivity index (χ4v) is 6.00. The van der Waals surface area contributed by atoms with Crippen LogP contribution in [0.3, 0.4) is 0 Å². The Morgan fingerprint density at radius 1 is 1.26 bits per heavy atom. The molecule has 2 aromatic heterocycles. The van der Waals surface area contributed by atoms with Gasteiger partial charge in [0.2, 0.25) is 0 Å². The van der Waals surface area contributed by atoms with Crippen molar-refractivity contribution in [1.82, 2.24) is 9.97 Å². The van der Waals surface area contributed by atoms with Gasteiger partial charge in [0.25, 0.3) is 0 Å². The average molecular weight is 474 g/mol. The maximum absolute atomic E-state index is 13.0. The molecule has 1 saturated carbocycles. The summed E-state index contributed by atoms with van der Waals surface area (Å²) in [5, 5.41) is 8.68. The fraction of sp³-hybridized carbons (Fsp3) is 0.333. The first kappa shape index (κ1) is 21.8. The number of carbonyl (C=O) groups is 2. The third-order valence-corrected chi connectivity index (χ3v) is 7.86. The molecule has 0 spiro atoms. The maximum Gasteiger partial charge on any atom is 0.325 e. The largest absolute Gasteiger partial charge is 0.389 e. The number of thioether (sulfide) groups is 1. The smallest absolute Gasteiger partial charge is 0.325 e.